The summed E-state index contributed by atoms with van der Waals surface area (Å²) in [5.41, 5.74) is 6.52. The van der Waals surface area contributed by atoms with Crippen molar-refractivity contribution < 1.29 is 9.53 Å². The minimum atomic E-state index is -0.0744. The van der Waals surface area contributed by atoms with Gasteiger partial charge in [0.1, 0.15) is 0 Å². The number of amides is 1. The van der Waals surface area contributed by atoms with E-state index in [1.54, 1.807) is 0 Å². The van der Waals surface area contributed by atoms with Crippen LogP contribution in [0.4, 0.5) is 0 Å². The largest absolute Gasteiger partial charge is 0.376 e. The van der Waals surface area contributed by atoms with E-state index in [0.29, 0.717) is 30.9 Å². The third-order valence-electron chi connectivity index (χ3n) is 3.63. The van der Waals surface area contributed by atoms with Crippen LogP contribution < -0.4 is 11.1 Å². The molecular formula is C15H20BrIN2O2. The minimum Gasteiger partial charge on any atom is -0.376 e. The molecule has 1 saturated carbocycles. The number of halogens is 2. The maximum absolute atomic E-state index is 12.1. The zero-order valence-corrected chi connectivity index (χ0v) is 15.5. The van der Waals surface area contributed by atoms with E-state index < -0.39 is 0 Å². The van der Waals surface area contributed by atoms with Gasteiger partial charge in [0.05, 0.1) is 18.3 Å². The summed E-state index contributed by atoms with van der Waals surface area (Å²) in [6, 6.07) is 6.04. The Morgan fingerprint density at radius 2 is 2.10 bits per heavy atom. The zero-order chi connectivity index (χ0) is 15.2. The van der Waals surface area contributed by atoms with Gasteiger partial charge in [0.15, 0.2) is 0 Å². The maximum atomic E-state index is 12.1. The third-order valence-corrected chi connectivity index (χ3v) is 5.00. The van der Waals surface area contributed by atoms with Gasteiger partial charge in [-0.1, -0.05) is 0 Å². The van der Waals surface area contributed by atoms with Crippen LogP contribution in [0.1, 0.15) is 36.0 Å². The molecule has 1 aromatic rings. The van der Waals surface area contributed by atoms with E-state index in [0.717, 1.165) is 33.7 Å². The predicted octanol–water partition coefficient (Wildman–Crippen LogP) is 3.07. The van der Waals surface area contributed by atoms with E-state index in [9.17, 15) is 4.79 Å². The summed E-state index contributed by atoms with van der Waals surface area (Å²) in [6.07, 6.45) is 4.42. The van der Waals surface area contributed by atoms with E-state index in [1.165, 1.54) is 0 Å². The van der Waals surface area contributed by atoms with Crippen LogP contribution >= 0.6 is 38.5 Å². The maximum Gasteiger partial charge on any atom is 0.252 e. The fourth-order valence-corrected chi connectivity index (χ4v) is 3.33. The summed E-state index contributed by atoms with van der Waals surface area (Å²) in [6.45, 7) is 1.08. The quantitative estimate of drug-likeness (QED) is 0.517. The molecule has 0 aliphatic heterocycles. The smallest absolute Gasteiger partial charge is 0.252 e. The number of nitrogens with two attached hydrogens (primary N) is 1. The van der Waals surface area contributed by atoms with E-state index in [1.807, 2.05) is 18.2 Å². The number of ether oxygens (including phenoxy) is 1. The van der Waals surface area contributed by atoms with Crippen molar-refractivity contribution in [2.45, 2.75) is 37.8 Å². The van der Waals surface area contributed by atoms with Gasteiger partial charge in [-0.15, -0.1) is 0 Å². The molecule has 3 N–H and O–H groups in total. The van der Waals surface area contributed by atoms with E-state index >= 15 is 0 Å². The van der Waals surface area contributed by atoms with Crippen LogP contribution in [0.25, 0.3) is 0 Å². The lowest BCUT2D eigenvalue weighted by molar-refractivity contribution is 0.0267. The minimum absolute atomic E-state index is 0.0744. The summed E-state index contributed by atoms with van der Waals surface area (Å²) in [5.74, 6) is -0.0744. The molecule has 6 heteroatoms. The van der Waals surface area contributed by atoms with Crippen LogP contribution in [0, 0.1) is 3.57 Å². The highest BCUT2D eigenvalue weighted by Gasteiger charge is 2.18. The molecule has 1 aliphatic carbocycles. The summed E-state index contributed by atoms with van der Waals surface area (Å²) in [4.78, 5) is 12.1. The van der Waals surface area contributed by atoms with E-state index in [-0.39, 0.29) is 5.91 Å². The number of carbonyl (C=O) groups excluding carboxylic acids is 1. The molecule has 0 aromatic heterocycles. The van der Waals surface area contributed by atoms with Gasteiger partial charge < -0.3 is 15.8 Å². The van der Waals surface area contributed by atoms with Crippen molar-refractivity contribution in [1.82, 2.24) is 5.32 Å². The Labute approximate surface area is 147 Å². The first-order valence-corrected chi connectivity index (χ1v) is 9.04. The molecule has 1 amide bonds. The molecule has 0 saturated heterocycles. The Kier molecular flexibility index (Phi) is 6.91. The van der Waals surface area contributed by atoms with Crippen LogP contribution in [0.2, 0.25) is 0 Å². The number of rotatable bonds is 5. The molecule has 0 spiro atoms. The van der Waals surface area contributed by atoms with Gasteiger partial charge in [0.25, 0.3) is 5.91 Å². The van der Waals surface area contributed by atoms with Crippen LogP contribution in [0.3, 0.4) is 0 Å². The Hall–Kier alpha value is -0.180. The molecule has 4 nitrogen and oxygen atoms in total. The monoisotopic (exact) mass is 466 g/mol. The molecule has 1 aliphatic rings. The Morgan fingerprint density at radius 3 is 2.81 bits per heavy atom. The Morgan fingerprint density at radius 1 is 1.38 bits per heavy atom. The topological polar surface area (TPSA) is 64.3 Å². The summed E-state index contributed by atoms with van der Waals surface area (Å²) >= 11 is 5.60. The summed E-state index contributed by atoms with van der Waals surface area (Å²) < 4.78 is 7.63. The molecule has 0 bridgehead atoms. The van der Waals surface area contributed by atoms with Gasteiger partial charge in [-0.2, -0.15) is 0 Å². The van der Waals surface area contributed by atoms with Crippen molar-refractivity contribution in [3.8, 4) is 0 Å². The lowest BCUT2D eigenvalue weighted by Crippen LogP contribution is -2.33. The second-order valence-corrected chi connectivity index (χ2v) is 7.39. The van der Waals surface area contributed by atoms with Gasteiger partial charge in [-0.05, 0) is 82.4 Å². The molecule has 0 heterocycles. The fourth-order valence-electron chi connectivity index (χ4n) is 2.41. The SMILES string of the molecule is NC1CCC(OCCNC(=O)c2cc(I)ccc2Br)CC1. The number of benzene rings is 1. The van der Waals surface area contributed by atoms with Crippen molar-refractivity contribution in [2.75, 3.05) is 13.2 Å². The second-order valence-electron chi connectivity index (χ2n) is 5.29. The second kappa shape index (κ2) is 8.45. The lowest BCUT2D eigenvalue weighted by Gasteiger charge is -2.26. The van der Waals surface area contributed by atoms with Gasteiger partial charge in [-0.3, -0.25) is 4.79 Å². The molecular weight excluding hydrogens is 447 g/mol. The predicted molar refractivity (Wildman–Crippen MR) is 95.4 cm³/mol. The van der Waals surface area contributed by atoms with Crippen LogP contribution in [0.15, 0.2) is 22.7 Å². The summed E-state index contributed by atoms with van der Waals surface area (Å²) in [7, 11) is 0. The van der Waals surface area contributed by atoms with Gasteiger partial charge in [-0.25, -0.2) is 0 Å². The van der Waals surface area contributed by atoms with Crippen molar-refractivity contribution >= 4 is 44.4 Å². The molecule has 0 atom stereocenters. The first-order valence-electron chi connectivity index (χ1n) is 7.16. The fraction of sp³-hybridized carbons (Fsp3) is 0.533. The molecule has 116 valence electrons. The Bertz CT molecular complexity index is 491. The lowest BCUT2D eigenvalue weighted by atomic mass is 9.94. The van der Waals surface area contributed by atoms with Crippen LogP contribution in [-0.4, -0.2) is 31.2 Å². The molecule has 1 fully saturated rings. The highest BCUT2D eigenvalue weighted by molar-refractivity contribution is 14.1. The average molecular weight is 467 g/mol. The zero-order valence-electron chi connectivity index (χ0n) is 11.8. The highest BCUT2D eigenvalue weighted by Crippen LogP contribution is 2.20. The summed E-state index contributed by atoms with van der Waals surface area (Å²) in [5, 5.41) is 2.89. The highest BCUT2D eigenvalue weighted by atomic mass is 127. The number of nitrogens with one attached hydrogen (secondary N) is 1. The van der Waals surface area contributed by atoms with Gasteiger partial charge >= 0.3 is 0 Å². The van der Waals surface area contributed by atoms with Crippen molar-refractivity contribution in [3.63, 3.8) is 0 Å². The molecule has 2 rings (SSSR count). The average Bonchev–Trinajstić information content (AvgIpc) is 2.47. The third kappa shape index (κ3) is 5.50. The standard InChI is InChI=1S/C15H20BrIN2O2/c16-14-6-1-10(17)9-13(14)15(20)19-7-8-21-12-4-2-11(18)3-5-12/h1,6,9,11-12H,2-5,7-8,18H2,(H,19,20). The normalized spacial score (nSPS) is 22.0. The molecule has 0 unspecified atom stereocenters. The first kappa shape index (κ1) is 17.2. The van der Waals surface area contributed by atoms with Gasteiger partial charge in [0.2, 0.25) is 0 Å². The van der Waals surface area contributed by atoms with E-state index in [4.69, 9.17) is 10.5 Å². The van der Waals surface area contributed by atoms with Crippen molar-refractivity contribution in [2.24, 2.45) is 5.73 Å². The van der Waals surface area contributed by atoms with Gasteiger partial charge in [0, 0.05) is 20.6 Å². The first-order chi connectivity index (χ1) is 10.1. The molecule has 21 heavy (non-hydrogen) atoms. The number of hydrogen-bond acceptors (Lipinski definition) is 3. The van der Waals surface area contributed by atoms with Crippen LogP contribution in [-0.2, 0) is 4.74 Å². The molecule has 0 radical (unpaired) electrons. The van der Waals surface area contributed by atoms with Crippen LogP contribution in [0.5, 0.6) is 0 Å². The number of hydrogen-bond donors (Lipinski definition) is 2. The van der Waals surface area contributed by atoms with E-state index in [2.05, 4.69) is 43.8 Å². The number of carbonyl (C=O) groups is 1. The molecule has 1 aromatic carbocycles. The Balaban J connectivity index is 1.71. The van der Waals surface area contributed by atoms with Crippen molar-refractivity contribution in [1.29, 1.82) is 0 Å². The van der Waals surface area contributed by atoms with Crippen molar-refractivity contribution in [3.05, 3.63) is 31.8 Å².